The van der Waals surface area contributed by atoms with Gasteiger partial charge in [0.2, 0.25) is 11.8 Å². The Morgan fingerprint density at radius 1 is 0.944 bits per heavy atom. The summed E-state index contributed by atoms with van der Waals surface area (Å²) >= 11 is 0. The maximum Gasteiger partial charge on any atom is 0.218 e. The first kappa shape index (κ1) is 12.8. The summed E-state index contributed by atoms with van der Waals surface area (Å²) < 4.78 is 5.41. The lowest BCUT2D eigenvalue weighted by molar-refractivity contribution is 0.283. The number of rotatable bonds is 6. The summed E-state index contributed by atoms with van der Waals surface area (Å²) in [6.45, 7) is 2.19. The standard InChI is InChI=1S/C14H18N2O2/c1-2-11-3-5-12(6-4-11)7-8-13-15-16-14(18-13)9-10-17/h3-6,17H,2,7-10H2,1H3. The van der Waals surface area contributed by atoms with Gasteiger partial charge >= 0.3 is 0 Å². The summed E-state index contributed by atoms with van der Waals surface area (Å²) in [6, 6.07) is 8.59. The van der Waals surface area contributed by atoms with Crippen molar-refractivity contribution in [3.8, 4) is 0 Å². The third kappa shape index (κ3) is 3.40. The van der Waals surface area contributed by atoms with Gasteiger partial charge in [-0.1, -0.05) is 31.2 Å². The van der Waals surface area contributed by atoms with E-state index in [4.69, 9.17) is 9.52 Å². The van der Waals surface area contributed by atoms with Crippen molar-refractivity contribution in [3.63, 3.8) is 0 Å². The number of nitrogens with zero attached hydrogens (tertiary/aromatic N) is 2. The molecule has 96 valence electrons. The Bertz CT molecular complexity index is 477. The van der Waals surface area contributed by atoms with Crippen molar-refractivity contribution >= 4 is 0 Å². The van der Waals surface area contributed by atoms with Gasteiger partial charge in [0.25, 0.3) is 0 Å². The molecule has 1 N–H and O–H groups in total. The van der Waals surface area contributed by atoms with E-state index in [9.17, 15) is 0 Å². The van der Waals surface area contributed by atoms with Crippen LogP contribution in [0.3, 0.4) is 0 Å². The molecule has 0 bridgehead atoms. The van der Waals surface area contributed by atoms with Gasteiger partial charge < -0.3 is 9.52 Å². The quantitative estimate of drug-likeness (QED) is 0.846. The molecule has 0 saturated carbocycles. The minimum absolute atomic E-state index is 0.0418. The first-order chi connectivity index (χ1) is 8.81. The van der Waals surface area contributed by atoms with Gasteiger partial charge in [-0.15, -0.1) is 10.2 Å². The molecule has 0 spiro atoms. The van der Waals surface area contributed by atoms with E-state index < -0.39 is 0 Å². The van der Waals surface area contributed by atoms with Gasteiger partial charge in [0, 0.05) is 12.8 Å². The second-order valence-corrected chi connectivity index (χ2v) is 4.23. The average Bonchev–Trinajstić information content (AvgIpc) is 2.85. The zero-order chi connectivity index (χ0) is 12.8. The molecule has 0 atom stereocenters. The van der Waals surface area contributed by atoms with E-state index >= 15 is 0 Å². The van der Waals surface area contributed by atoms with Crippen LogP contribution in [0, 0.1) is 0 Å². The number of aromatic nitrogens is 2. The molecule has 0 saturated heterocycles. The molecule has 2 rings (SSSR count). The summed E-state index contributed by atoms with van der Waals surface area (Å²) in [6.07, 6.45) is 3.13. The molecule has 0 radical (unpaired) electrons. The zero-order valence-corrected chi connectivity index (χ0v) is 10.6. The molecule has 0 fully saturated rings. The largest absolute Gasteiger partial charge is 0.425 e. The third-order valence-corrected chi connectivity index (χ3v) is 2.89. The maximum absolute atomic E-state index is 8.76. The van der Waals surface area contributed by atoms with E-state index in [2.05, 4.69) is 41.4 Å². The summed E-state index contributed by atoms with van der Waals surface area (Å²) in [5.41, 5.74) is 2.62. The topological polar surface area (TPSA) is 59.2 Å². The van der Waals surface area contributed by atoms with E-state index in [-0.39, 0.29) is 6.61 Å². The molecule has 0 unspecified atom stereocenters. The number of aryl methyl sites for hydroxylation is 3. The van der Waals surface area contributed by atoms with E-state index in [1.54, 1.807) is 0 Å². The lowest BCUT2D eigenvalue weighted by Gasteiger charge is -2.00. The Balaban J connectivity index is 1.89. The fourth-order valence-electron chi connectivity index (χ4n) is 1.78. The molecule has 0 aliphatic rings. The van der Waals surface area contributed by atoms with E-state index in [0.717, 1.165) is 19.3 Å². The smallest absolute Gasteiger partial charge is 0.218 e. The van der Waals surface area contributed by atoms with Crippen LogP contribution in [0.15, 0.2) is 28.7 Å². The maximum atomic E-state index is 8.76. The molecule has 18 heavy (non-hydrogen) atoms. The van der Waals surface area contributed by atoms with Gasteiger partial charge in [0.15, 0.2) is 0 Å². The first-order valence-corrected chi connectivity index (χ1v) is 6.31. The van der Waals surface area contributed by atoms with E-state index in [1.807, 2.05) is 0 Å². The lowest BCUT2D eigenvalue weighted by Crippen LogP contribution is -1.92. The Labute approximate surface area is 107 Å². The fourth-order valence-corrected chi connectivity index (χ4v) is 1.78. The zero-order valence-electron chi connectivity index (χ0n) is 10.6. The van der Waals surface area contributed by atoms with Gasteiger partial charge in [-0.2, -0.15) is 0 Å². The number of aliphatic hydroxyl groups excluding tert-OH is 1. The molecule has 1 heterocycles. The minimum atomic E-state index is 0.0418. The molecule has 2 aromatic rings. The molecular formula is C14H18N2O2. The van der Waals surface area contributed by atoms with Crippen LogP contribution in [0.2, 0.25) is 0 Å². The van der Waals surface area contributed by atoms with Crippen LogP contribution in [-0.2, 0) is 25.7 Å². The van der Waals surface area contributed by atoms with E-state index in [0.29, 0.717) is 18.2 Å². The first-order valence-electron chi connectivity index (χ1n) is 6.31. The molecule has 1 aromatic heterocycles. The summed E-state index contributed by atoms with van der Waals surface area (Å²) in [7, 11) is 0. The van der Waals surface area contributed by atoms with Crippen LogP contribution < -0.4 is 0 Å². The summed E-state index contributed by atoms with van der Waals surface area (Å²) in [4.78, 5) is 0. The van der Waals surface area contributed by atoms with Gasteiger partial charge in [0.05, 0.1) is 6.61 Å². The highest BCUT2D eigenvalue weighted by Crippen LogP contribution is 2.09. The molecule has 0 amide bonds. The van der Waals surface area contributed by atoms with Gasteiger partial charge in [0.1, 0.15) is 0 Å². The Morgan fingerprint density at radius 2 is 1.56 bits per heavy atom. The SMILES string of the molecule is CCc1ccc(CCc2nnc(CCO)o2)cc1. The minimum Gasteiger partial charge on any atom is -0.425 e. The average molecular weight is 246 g/mol. The van der Waals surface area contributed by atoms with Crippen LogP contribution in [0.1, 0.15) is 29.8 Å². The van der Waals surface area contributed by atoms with Crippen molar-refractivity contribution in [3.05, 3.63) is 47.2 Å². The van der Waals surface area contributed by atoms with Gasteiger partial charge in [-0.05, 0) is 24.0 Å². The van der Waals surface area contributed by atoms with Crippen molar-refractivity contribution in [2.45, 2.75) is 32.6 Å². The fraction of sp³-hybridized carbons (Fsp3) is 0.429. The second-order valence-electron chi connectivity index (χ2n) is 4.23. The monoisotopic (exact) mass is 246 g/mol. The van der Waals surface area contributed by atoms with Crippen LogP contribution in [0.5, 0.6) is 0 Å². The van der Waals surface area contributed by atoms with Crippen LogP contribution in [0.25, 0.3) is 0 Å². The summed E-state index contributed by atoms with van der Waals surface area (Å²) in [5, 5.41) is 16.6. The normalized spacial score (nSPS) is 10.8. The van der Waals surface area contributed by atoms with Crippen molar-refractivity contribution < 1.29 is 9.52 Å². The van der Waals surface area contributed by atoms with Crippen LogP contribution in [0.4, 0.5) is 0 Å². The number of hydrogen-bond donors (Lipinski definition) is 1. The number of benzene rings is 1. The third-order valence-electron chi connectivity index (χ3n) is 2.89. The van der Waals surface area contributed by atoms with Gasteiger partial charge in [-0.3, -0.25) is 0 Å². The highest BCUT2D eigenvalue weighted by molar-refractivity contribution is 5.22. The van der Waals surface area contributed by atoms with E-state index in [1.165, 1.54) is 11.1 Å². The van der Waals surface area contributed by atoms with Crippen molar-refractivity contribution in [1.82, 2.24) is 10.2 Å². The molecule has 4 heteroatoms. The molecule has 0 aliphatic heterocycles. The van der Waals surface area contributed by atoms with Crippen LogP contribution >= 0.6 is 0 Å². The molecule has 4 nitrogen and oxygen atoms in total. The van der Waals surface area contributed by atoms with Crippen molar-refractivity contribution in [2.75, 3.05) is 6.61 Å². The number of aliphatic hydroxyl groups is 1. The van der Waals surface area contributed by atoms with Crippen molar-refractivity contribution in [2.24, 2.45) is 0 Å². The predicted octanol–water partition coefficient (Wildman–Crippen LogP) is 1.95. The molecule has 1 aromatic carbocycles. The molecule has 0 aliphatic carbocycles. The molecular weight excluding hydrogens is 228 g/mol. The Kier molecular flexibility index (Phi) is 4.47. The lowest BCUT2D eigenvalue weighted by atomic mass is 10.1. The second kappa shape index (κ2) is 6.31. The highest BCUT2D eigenvalue weighted by atomic mass is 16.4. The van der Waals surface area contributed by atoms with Gasteiger partial charge in [-0.25, -0.2) is 0 Å². The Hall–Kier alpha value is -1.68. The van der Waals surface area contributed by atoms with Crippen LogP contribution in [-0.4, -0.2) is 21.9 Å². The number of hydrogen-bond acceptors (Lipinski definition) is 4. The van der Waals surface area contributed by atoms with Crippen molar-refractivity contribution in [1.29, 1.82) is 0 Å². The predicted molar refractivity (Wildman–Crippen MR) is 68.3 cm³/mol. The Morgan fingerprint density at radius 3 is 2.17 bits per heavy atom. The summed E-state index contributed by atoms with van der Waals surface area (Å²) in [5.74, 6) is 1.15. The highest BCUT2D eigenvalue weighted by Gasteiger charge is 2.05.